The highest BCUT2D eigenvalue weighted by atomic mass is 35.5. The van der Waals surface area contributed by atoms with Crippen LogP contribution in [0.5, 0.6) is 0 Å². The van der Waals surface area contributed by atoms with Crippen molar-refractivity contribution in [1.82, 2.24) is 9.78 Å². The summed E-state index contributed by atoms with van der Waals surface area (Å²) in [5, 5.41) is 5.04. The van der Waals surface area contributed by atoms with E-state index in [1.54, 1.807) is 36.1 Å². The lowest BCUT2D eigenvalue weighted by Crippen LogP contribution is -2.27. The Morgan fingerprint density at radius 3 is 2.47 bits per heavy atom. The molecule has 2 aromatic rings. The lowest BCUT2D eigenvalue weighted by molar-refractivity contribution is -0.117. The van der Waals surface area contributed by atoms with Crippen molar-refractivity contribution in [2.75, 3.05) is 11.9 Å². The van der Waals surface area contributed by atoms with E-state index in [9.17, 15) is 4.79 Å². The highest BCUT2D eigenvalue weighted by Crippen LogP contribution is 2.25. The second kappa shape index (κ2) is 5.63. The van der Waals surface area contributed by atoms with Crippen LogP contribution in [0.1, 0.15) is 5.56 Å². The molecule has 0 bridgehead atoms. The van der Waals surface area contributed by atoms with Crippen LogP contribution in [-0.2, 0) is 18.3 Å². The summed E-state index contributed by atoms with van der Waals surface area (Å²) in [6.07, 6.45) is 3.78. The lowest BCUT2D eigenvalue weighted by Gasteiger charge is -2.17. The normalized spacial score (nSPS) is 10.5. The molecule has 0 spiro atoms. The summed E-state index contributed by atoms with van der Waals surface area (Å²) in [7, 11) is 3.51. The maximum absolute atomic E-state index is 12.1. The molecule has 1 aromatic carbocycles. The van der Waals surface area contributed by atoms with Crippen LogP contribution in [0, 0.1) is 0 Å². The summed E-state index contributed by atoms with van der Waals surface area (Å²) in [6.45, 7) is 0. The zero-order valence-corrected chi connectivity index (χ0v) is 12.1. The molecule has 0 atom stereocenters. The lowest BCUT2D eigenvalue weighted by atomic mass is 10.2. The van der Waals surface area contributed by atoms with Crippen molar-refractivity contribution >= 4 is 34.8 Å². The number of nitrogens with zero attached hydrogens (tertiary/aromatic N) is 3. The quantitative estimate of drug-likeness (QED) is 0.874. The number of aryl methyl sites for hydroxylation is 1. The molecule has 0 fully saturated rings. The van der Waals surface area contributed by atoms with Gasteiger partial charge >= 0.3 is 0 Å². The molecule has 0 radical (unpaired) electrons. The number of benzene rings is 1. The van der Waals surface area contributed by atoms with Gasteiger partial charge in [0, 0.05) is 36.0 Å². The first-order valence-corrected chi connectivity index (χ1v) is 6.41. The zero-order chi connectivity index (χ0) is 14.0. The van der Waals surface area contributed by atoms with E-state index < -0.39 is 0 Å². The molecule has 2 rings (SSSR count). The van der Waals surface area contributed by atoms with Crippen molar-refractivity contribution in [2.45, 2.75) is 6.42 Å². The number of anilines is 1. The number of carbonyl (C=O) groups is 1. The largest absolute Gasteiger partial charge is 0.315 e. The van der Waals surface area contributed by atoms with Gasteiger partial charge in [-0.25, -0.2) is 0 Å². The maximum Gasteiger partial charge on any atom is 0.231 e. The van der Waals surface area contributed by atoms with E-state index in [2.05, 4.69) is 5.10 Å². The highest BCUT2D eigenvalue weighted by Gasteiger charge is 2.13. The Hall–Kier alpha value is -1.52. The second-order valence-electron chi connectivity index (χ2n) is 4.28. The van der Waals surface area contributed by atoms with Gasteiger partial charge in [-0.3, -0.25) is 9.48 Å². The third kappa shape index (κ3) is 3.49. The van der Waals surface area contributed by atoms with Crippen LogP contribution in [0.2, 0.25) is 10.0 Å². The third-order valence-electron chi connectivity index (χ3n) is 2.72. The second-order valence-corrected chi connectivity index (χ2v) is 5.15. The molecule has 0 aliphatic heterocycles. The van der Waals surface area contributed by atoms with Crippen molar-refractivity contribution in [1.29, 1.82) is 0 Å². The van der Waals surface area contributed by atoms with Crippen molar-refractivity contribution in [3.63, 3.8) is 0 Å². The molecular formula is C13H13Cl2N3O. The summed E-state index contributed by atoms with van der Waals surface area (Å²) in [5.74, 6) is -0.0497. The van der Waals surface area contributed by atoms with Crippen molar-refractivity contribution in [2.24, 2.45) is 7.05 Å². The van der Waals surface area contributed by atoms with Crippen LogP contribution in [0.3, 0.4) is 0 Å². The van der Waals surface area contributed by atoms with Crippen molar-refractivity contribution in [3.8, 4) is 0 Å². The van der Waals surface area contributed by atoms with Crippen LogP contribution in [0.25, 0.3) is 0 Å². The summed E-state index contributed by atoms with van der Waals surface area (Å²) in [5.41, 5.74) is 1.54. The number of likely N-dealkylation sites (N-methyl/N-ethyl adjacent to an activating group) is 1. The number of rotatable bonds is 3. The third-order valence-corrected chi connectivity index (χ3v) is 3.16. The van der Waals surface area contributed by atoms with E-state index in [0.29, 0.717) is 15.7 Å². The standard InChI is InChI=1S/C13H13Cl2N3O/c1-17-8-9(7-16-17)3-13(19)18(2)12-5-10(14)4-11(15)6-12/h4-8H,3H2,1-2H3. The molecule has 0 saturated carbocycles. The molecule has 100 valence electrons. The molecule has 4 nitrogen and oxygen atoms in total. The predicted octanol–water partition coefficient (Wildman–Crippen LogP) is 2.93. The molecular weight excluding hydrogens is 285 g/mol. The van der Waals surface area contributed by atoms with Crippen molar-refractivity contribution < 1.29 is 4.79 Å². The molecule has 0 aliphatic carbocycles. The smallest absolute Gasteiger partial charge is 0.231 e. The minimum atomic E-state index is -0.0497. The summed E-state index contributed by atoms with van der Waals surface area (Å²) in [6, 6.07) is 5.04. The van der Waals surface area contributed by atoms with Crippen LogP contribution < -0.4 is 4.90 Å². The molecule has 0 saturated heterocycles. The van der Waals surface area contributed by atoms with E-state index in [1.807, 2.05) is 13.2 Å². The average molecular weight is 298 g/mol. The average Bonchev–Trinajstić information content (AvgIpc) is 2.72. The first-order valence-electron chi connectivity index (χ1n) is 5.66. The monoisotopic (exact) mass is 297 g/mol. The van der Waals surface area contributed by atoms with Crippen LogP contribution in [0.15, 0.2) is 30.6 Å². The van der Waals surface area contributed by atoms with Gasteiger partial charge in [0.15, 0.2) is 0 Å². The number of carbonyl (C=O) groups excluding carboxylic acids is 1. The Bertz CT molecular complexity index is 589. The zero-order valence-electron chi connectivity index (χ0n) is 10.6. The fourth-order valence-corrected chi connectivity index (χ4v) is 2.25. The van der Waals surface area contributed by atoms with Gasteiger partial charge in [-0.15, -0.1) is 0 Å². The van der Waals surface area contributed by atoms with Crippen LogP contribution >= 0.6 is 23.2 Å². The maximum atomic E-state index is 12.1. The van der Waals surface area contributed by atoms with Gasteiger partial charge in [0.05, 0.1) is 12.6 Å². The minimum absolute atomic E-state index is 0.0497. The van der Waals surface area contributed by atoms with Crippen LogP contribution in [-0.4, -0.2) is 22.7 Å². The van der Waals surface area contributed by atoms with Gasteiger partial charge in [0.1, 0.15) is 0 Å². The molecule has 0 N–H and O–H groups in total. The molecule has 6 heteroatoms. The number of halogens is 2. The van der Waals surface area contributed by atoms with Crippen molar-refractivity contribution in [3.05, 3.63) is 46.2 Å². The van der Waals surface area contributed by atoms with Gasteiger partial charge in [0.25, 0.3) is 0 Å². The van der Waals surface area contributed by atoms with E-state index in [4.69, 9.17) is 23.2 Å². The Labute approximate surface area is 121 Å². The molecule has 0 aliphatic rings. The summed E-state index contributed by atoms with van der Waals surface area (Å²) < 4.78 is 1.67. The van der Waals surface area contributed by atoms with Gasteiger partial charge in [-0.05, 0) is 23.8 Å². The first kappa shape index (κ1) is 13.9. The summed E-state index contributed by atoms with van der Waals surface area (Å²) in [4.78, 5) is 13.7. The summed E-state index contributed by atoms with van der Waals surface area (Å²) >= 11 is 11.9. The Kier molecular flexibility index (Phi) is 4.12. The number of hydrogen-bond donors (Lipinski definition) is 0. The first-order chi connectivity index (χ1) is 8.95. The van der Waals surface area contributed by atoms with Gasteiger partial charge in [0.2, 0.25) is 5.91 Å². The Morgan fingerprint density at radius 2 is 1.95 bits per heavy atom. The molecule has 19 heavy (non-hydrogen) atoms. The van der Waals surface area contributed by atoms with E-state index >= 15 is 0 Å². The Morgan fingerprint density at radius 1 is 1.32 bits per heavy atom. The van der Waals surface area contributed by atoms with Crippen LogP contribution in [0.4, 0.5) is 5.69 Å². The minimum Gasteiger partial charge on any atom is -0.315 e. The predicted molar refractivity (Wildman–Crippen MR) is 76.8 cm³/mol. The Balaban J connectivity index is 2.14. The molecule has 0 unspecified atom stereocenters. The molecule has 1 amide bonds. The van der Waals surface area contributed by atoms with Gasteiger partial charge in [-0.2, -0.15) is 5.10 Å². The van der Waals surface area contributed by atoms with E-state index in [-0.39, 0.29) is 12.3 Å². The van der Waals surface area contributed by atoms with E-state index in [0.717, 1.165) is 5.56 Å². The SMILES string of the molecule is CN(C(=O)Cc1cnn(C)c1)c1cc(Cl)cc(Cl)c1. The number of aromatic nitrogens is 2. The highest BCUT2D eigenvalue weighted by molar-refractivity contribution is 6.35. The van der Waals surface area contributed by atoms with Gasteiger partial charge in [-0.1, -0.05) is 23.2 Å². The fourth-order valence-electron chi connectivity index (χ4n) is 1.73. The fraction of sp³-hybridized carbons (Fsp3) is 0.231. The number of hydrogen-bond acceptors (Lipinski definition) is 2. The molecule has 1 heterocycles. The molecule has 1 aromatic heterocycles. The van der Waals surface area contributed by atoms with Gasteiger partial charge < -0.3 is 4.90 Å². The van der Waals surface area contributed by atoms with E-state index in [1.165, 1.54) is 4.90 Å². The number of amides is 1. The topological polar surface area (TPSA) is 38.1 Å².